The second kappa shape index (κ2) is 6.85. The molecule has 29 heavy (non-hydrogen) atoms. The number of aryl methyl sites for hydroxylation is 2. The van der Waals surface area contributed by atoms with Gasteiger partial charge in [-0.1, -0.05) is 0 Å². The van der Waals surface area contributed by atoms with Gasteiger partial charge in [-0.25, -0.2) is 16.8 Å². The average Bonchev–Trinajstić information content (AvgIpc) is 3.22. The monoisotopic (exact) mass is 477 g/mol. The summed E-state index contributed by atoms with van der Waals surface area (Å²) in [5.41, 5.74) is 0.856. The van der Waals surface area contributed by atoms with Gasteiger partial charge in [0.15, 0.2) is 15.2 Å². The Bertz CT molecular complexity index is 1360. The topological polar surface area (TPSA) is 148 Å². The Balaban J connectivity index is 1.84. The van der Waals surface area contributed by atoms with Crippen molar-refractivity contribution in [3.05, 3.63) is 33.7 Å². The van der Waals surface area contributed by atoms with Gasteiger partial charge in [0.05, 0.1) is 22.9 Å². The third kappa shape index (κ3) is 4.22. The van der Waals surface area contributed by atoms with E-state index in [0.717, 1.165) is 23.1 Å². The first-order valence-electron chi connectivity index (χ1n) is 7.97. The van der Waals surface area contributed by atoms with E-state index in [1.807, 2.05) is 0 Å². The highest BCUT2D eigenvalue weighted by atomic mass is 32.2. The van der Waals surface area contributed by atoms with Crippen LogP contribution in [0, 0.1) is 13.8 Å². The minimum absolute atomic E-state index is 0.343. The molecule has 14 heteroatoms. The van der Waals surface area contributed by atoms with Crippen LogP contribution in [-0.4, -0.2) is 31.8 Å². The van der Waals surface area contributed by atoms with Crippen LogP contribution in [0.4, 0.5) is 5.69 Å². The Morgan fingerprint density at radius 1 is 1.10 bits per heavy atom. The van der Waals surface area contributed by atoms with Gasteiger partial charge in [-0.15, -0.1) is 0 Å². The Kier molecular flexibility index (Phi) is 4.83. The molecule has 0 aliphatic carbocycles. The van der Waals surface area contributed by atoms with Crippen LogP contribution in [0.25, 0.3) is 16.5 Å². The fraction of sp³-hybridized carbons (Fsp3) is 0.267. The Morgan fingerprint density at radius 2 is 1.79 bits per heavy atom. The van der Waals surface area contributed by atoms with Crippen LogP contribution >= 0.6 is 23.1 Å². The van der Waals surface area contributed by atoms with Crippen molar-refractivity contribution in [1.29, 1.82) is 0 Å². The lowest BCUT2D eigenvalue weighted by Gasteiger charge is -2.20. The molecule has 0 unspecified atom stereocenters. The highest BCUT2D eigenvalue weighted by molar-refractivity contribution is 8.03. The minimum Gasteiger partial charge on any atom is -0.747 e. The molecule has 10 nitrogen and oxygen atoms in total. The Hall–Kier alpha value is -1.84. The number of furan rings is 2. The summed E-state index contributed by atoms with van der Waals surface area (Å²) in [5, 5.41) is 1.10. The number of fused-ring (bicyclic) bond motifs is 2. The number of nitrogens with zero attached hydrogens (tertiary/aromatic N) is 2. The van der Waals surface area contributed by atoms with E-state index in [-0.39, 0.29) is 0 Å². The molecule has 1 aliphatic rings. The van der Waals surface area contributed by atoms with Crippen LogP contribution in [0.15, 0.2) is 31.1 Å². The van der Waals surface area contributed by atoms with E-state index in [1.54, 1.807) is 26.0 Å². The molecule has 0 spiro atoms. The zero-order chi connectivity index (χ0) is 21.1. The fourth-order valence-electron chi connectivity index (χ4n) is 2.92. The number of hydrogen-bond acceptors (Lipinski definition) is 11. The molecule has 0 radical (unpaired) electrons. The summed E-state index contributed by atoms with van der Waals surface area (Å²) in [6.45, 7) is 3.38. The van der Waals surface area contributed by atoms with Crippen LogP contribution in [0.2, 0.25) is 0 Å². The van der Waals surface area contributed by atoms with Crippen LogP contribution in [-0.2, 0) is 26.1 Å². The number of hydrogen-bond donors (Lipinski definition) is 0. The van der Waals surface area contributed by atoms with Gasteiger partial charge in [0.25, 0.3) is 15.4 Å². The van der Waals surface area contributed by atoms with Crippen LogP contribution in [0.1, 0.15) is 16.5 Å². The van der Waals surface area contributed by atoms with Crippen molar-refractivity contribution in [2.24, 2.45) is 0 Å². The SMILES string of the molecule is Cc1cc2c(o1)SC(=Cc1sc3oc(C)cc3[n+]1CS(=O)(=O)[O-])N2CS(=O)(=O)[O-]. The maximum Gasteiger partial charge on any atom is 0.269 e. The van der Waals surface area contributed by atoms with Crippen molar-refractivity contribution >= 4 is 65.5 Å². The van der Waals surface area contributed by atoms with Gasteiger partial charge in [-0.05, 0) is 36.9 Å². The Morgan fingerprint density at radius 3 is 2.45 bits per heavy atom. The second-order valence-corrected chi connectivity index (χ2v) is 11.0. The minimum atomic E-state index is -4.61. The zero-order valence-corrected chi connectivity index (χ0v) is 18.2. The summed E-state index contributed by atoms with van der Waals surface area (Å²) in [7, 11) is -9.22. The van der Waals surface area contributed by atoms with Gasteiger partial charge in [0.2, 0.25) is 5.88 Å². The summed E-state index contributed by atoms with van der Waals surface area (Å²) < 4.78 is 80.7. The number of anilines is 1. The predicted octanol–water partition coefficient (Wildman–Crippen LogP) is 1.91. The number of aromatic nitrogens is 1. The zero-order valence-electron chi connectivity index (χ0n) is 14.9. The maximum atomic E-state index is 11.4. The van der Waals surface area contributed by atoms with Gasteiger partial charge in [-0.3, -0.25) is 0 Å². The molecule has 0 saturated heterocycles. The van der Waals surface area contributed by atoms with Crippen molar-refractivity contribution in [2.45, 2.75) is 24.8 Å². The van der Waals surface area contributed by atoms with Gasteiger partial charge in [0, 0.05) is 6.07 Å². The highest BCUT2D eigenvalue weighted by Gasteiger charge is 2.33. The maximum absolute atomic E-state index is 11.4. The summed E-state index contributed by atoms with van der Waals surface area (Å²) in [5.74, 6) is -0.547. The molecule has 4 heterocycles. The normalized spacial score (nSPS) is 16.3. The van der Waals surface area contributed by atoms with Crippen molar-refractivity contribution in [2.75, 3.05) is 10.8 Å². The third-order valence-corrected chi connectivity index (χ3v) is 7.13. The van der Waals surface area contributed by atoms with Gasteiger partial charge < -0.3 is 22.8 Å². The van der Waals surface area contributed by atoms with E-state index in [2.05, 4.69) is 0 Å². The molecule has 0 amide bonds. The van der Waals surface area contributed by atoms with Crippen LogP contribution in [0.3, 0.4) is 0 Å². The lowest BCUT2D eigenvalue weighted by Crippen LogP contribution is -2.39. The van der Waals surface area contributed by atoms with Crippen molar-refractivity contribution in [3.8, 4) is 0 Å². The quantitative estimate of drug-likeness (QED) is 0.394. The van der Waals surface area contributed by atoms with E-state index in [9.17, 15) is 25.9 Å². The molecule has 0 saturated carbocycles. The molecule has 0 atom stereocenters. The van der Waals surface area contributed by atoms with E-state index >= 15 is 0 Å². The molecule has 0 bridgehead atoms. The number of thiazole rings is 1. The fourth-order valence-corrected chi connectivity index (χ4v) is 6.51. The molecule has 0 fully saturated rings. The van der Waals surface area contributed by atoms with Crippen molar-refractivity contribution in [3.63, 3.8) is 0 Å². The van der Waals surface area contributed by atoms with Crippen LogP contribution in [0.5, 0.6) is 0 Å². The molecule has 156 valence electrons. The first kappa shape index (κ1) is 20.4. The van der Waals surface area contributed by atoms with Gasteiger partial charge in [-0.2, -0.15) is 4.57 Å². The summed E-state index contributed by atoms with van der Waals surface area (Å²) in [6, 6.07) is 3.21. The van der Waals surface area contributed by atoms with E-state index in [4.69, 9.17) is 8.83 Å². The molecule has 0 aromatic carbocycles. The molecular formula is C15H13N2O8S4-. The molecule has 0 N–H and O–H groups in total. The smallest absolute Gasteiger partial charge is 0.269 e. The van der Waals surface area contributed by atoms with Gasteiger partial charge >= 0.3 is 0 Å². The summed E-state index contributed by atoms with van der Waals surface area (Å²) in [6.07, 6.45) is 1.50. The van der Waals surface area contributed by atoms with Gasteiger partial charge in [0.1, 0.15) is 27.5 Å². The standard InChI is InChI=1S/C15H14N2O8S4/c1-8-3-10-14(24-8)26-12(16(10)6-28(18,19)20)5-13-17(7-29(21,22)23)11-4-9(2)25-15(11)27-13/h3-5H,6-7H2,1-2H3,(H-,18,19,20,21,22,23)/p-1. The second-order valence-electron chi connectivity index (χ2n) is 6.31. The number of thioether (sulfide) groups is 1. The first-order chi connectivity index (χ1) is 13.4. The number of rotatable bonds is 5. The first-order valence-corrected chi connectivity index (χ1v) is 12.8. The average molecular weight is 478 g/mol. The lowest BCUT2D eigenvalue weighted by molar-refractivity contribution is -0.649. The summed E-state index contributed by atoms with van der Waals surface area (Å²) in [4.78, 5) is 1.69. The van der Waals surface area contributed by atoms with E-state index in [1.165, 1.54) is 15.5 Å². The molecule has 4 rings (SSSR count). The highest BCUT2D eigenvalue weighted by Crippen LogP contribution is 2.48. The molecular weight excluding hydrogens is 464 g/mol. The molecule has 1 aliphatic heterocycles. The predicted molar refractivity (Wildman–Crippen MR) is 103 cm³/mol. The summed E-state index contributed by atoms with van der Waals surface area (Å²) >= 11 is 2.19. The lowest BCUT2D eigenvalue weighted by atomic mass is 10.4. The Labute approximate surface area is 173 Å². The third-order valence-electron chi connectivity index (χ3n) is 3.94. The van der Waals surface area contributed by atoms with Crippen LogP contribution < -0.4 is 9.47 Å². The molecule has 3 aromatic heterocycles. The van der Waals surface area contributed by atoms with Crippen molar-refractivity contribution in [1.82, 2.24) is 0 Å². The molecule has 3 aromatic rings. The largest absolute Gasteiger partial charge is 0.747 e. The van der Waals surface area contributed by atoms with E-state index in [0.29, 0.717) is 42.8 Å². The van der Waals surface area contributed by atoms with Crippen molar-refractivity contribution < 1.29 is 39.3 Å². The van der Waals surface area contributed by atoms with E-state index < -0.39 is 32.0 Å².